The molecule has 3 rings (SSSR count). The van der Waals surface area contributed by atoms with E-state index in [4.69, 9.17) is 0 Å². The highest BCUT2D eigenvalue weighted by molar-refractivity contribution is 7.91. The molecule has 1 aromatic carbocycles. The molecule has 1 aromatic heterocycles. The molecule has 11 heteroatoms. The van der Waals surface area contributed by atoms with Gasteiger partial charge in [-0.3, -0.25) is 0 Å². The Labute approximate surface area is 148 Å². The molecule has 1 unspecified atom stereocenters. The molecule has 7 nitrogen and oxygen atoms in total. The number of nitrogens with one attached hydrogen (secondary N) is 1. The summed E-state index contributed by atoms with van der Waals surface area (Å²) < 4.78 is 63.5. The molecule has 1 atom stereocenters. The molecule has 26 heavy (non-hydrogen) atoms. The molecule has 1 aliphatic rings. The highest BCUT2D eigenvalue weighted by atomic mass is 32.2. The van der Waals surface area contributed by atoms with E-state index in [1.165, 1.54) is 6.20 Å². The first-order chi connectivity index (χ1) is 12.3. The zero-order valence-electron chi connectivity index (χ0n) is 13.8. The monoisotopic (exact) mass is 387 g/mol. The Morgan fingerprint density at radius 1 is 1.27 bits per heavy atom. The lowest BCUT2D eigenvalue weighted by Crippen LogP contribution is -2.37. The van der Waals surface area contributed by atoms with E-state index in [2.05, 4.69) is 20.5 Å². The standard InChI is InChI=1S/C15H16F3N5O2S/c1-2-23(9-5-6-26(24,25)8-9)15-21-12(7-19-22-15)20-11-4-3-10(16)13(17)14(11)18/h3-4,7,9H,2,5-6,8H2,1H3,(H,20,21,22). The Bertz CT molecular complexity index is 925. The third kappa shape index (κ3) is 3.71. The van der Waals surface area contributed by atoms with Crippen LogP contribution in [0.3, 0.4) is 0 Å². The number of aromatic nitrogens is 3. The lowest BCUT2D eigenvalue weighted by Gasteiger charge is -2.26. The van der Waals surface area contributed by atoms with Crippen LogP contribution >= 0.6 is 0 Å². The summed E-state index contributed by atoms with van der Waals surface area (Å²) in [6, 6.07) is 1.55. The van der Waals surface area contributed by atoms with Gasteiger partial charge in [0, 0.05) is 12.6 Å². The van der Waals surface area contributed by atoms with Crippen LogP contribution in [-0.4, -0.2) is 47.7 Å². The third-order valence-corrected chi connectivity index (χ3v) is 5.84. The van der Waals surface area contributed by atoms with Crippen molar-refractivity contribution >= 4 is 27.3 Å². The highest BCUT2D eigenvalue weighted by Crippen LogP contribution is 2.25. The van der Waals surface area contributed by atoms with Gasteiger partial charge in [-0.15, -0.1) is 5.10 Å². The summed E-state index contributed by atoms with van der Waals surface area (Å²) >= 11 is 0. The minimum Gasteiger partial charge on any atom is -0.336 e. The summed E-state index contributed by atoms with van der Waals surface area (Å²) in [5.41, 5.74) is -0.304. The van der Waals surface area contributed by atoms with Gasteiger partial charge >= 0.3 is 0 Å². The van der Waals surface area contributed by atoms with Gasteiger partial charge in [0.1, 0.15) is 0 Å². The first-order valence-electron chi connectivity index (χ1n) is 7.88. The second-order valence-corrected chi connectivity index (χ2v) is 8.06. The van der Waals surface area contributed by atoms with E-state index >= 15 is 0 Å². The first-order valence-corrected chi connectivity index (χ1v) is 9.70. The van der Waals surface area contributed by atoms with Gasteiger partial charge in [-0.1, -0.05) is 0 Å². The molecular weight excluding hydrogens is 371 g/mol. The quantitative estimate of drug-likeness (QED) is 0.786. The molecule has 0 bridgehead atoms. The normalized spacial score (nSPS) is 18.7. The van der Waals surface area contributed by atoms with Crippen LogP contribution in [-0.2, 0) is 9.84 Å². The highest BCUT2D eigenvalue weighted by Gasteiger charge is 2.33. The van der Waals surface area contributed by atoms with Crippen molar-refractivity contribution in [2.24, 2.45) is 0 Å². The van der Waals surface area contributed by atoms with Crippen LogP contribution < -0.4 is 10.2 Å². The Balaban J connectivity index is 1.85. The van der Waals surface area contributed by atoms with Crippen molar-refractivity contribution in [3.63, 3.8) is 0 Å². The summed E-state index contributed by atoms with van der Waals surface area (Å²) in [5, 5.41) is 10.2. The number of nitrogens with zero attached hydrogens (tertiary/aromatic N) is 4. The Kier molecular flexibility index (Phi) is 4.99. The van der Waals surface area contributed by atoms with Gasteiger partial charge in [0.05, 0.1) is 23.4 Å². The Morgan fingerprint density at radius 2 is 2.04 bits per heavy atom. The number of anilines is 3. The van der Waals surface area contributed by atoms with Crippen LogP contribution in [0.5, 0.6) is 0 Å². The van der Waals surface area contributed by atoms with Gasteiger partial charge in [0.15, 0.2) is 33.1 Å². The summed E-state index contributed by atoms with van der Waals surface area (Å²) in [7, 11) is -3.09. The molecule has 2 aromatic rings. The van der Waals surface area contributed by atoms with Crippen molar-refractivity contribution in [3.05, 3.63) is 35.8 Å². The second-order valence-electron chi connectivity index (χ2n) is 5.83. The van der Waals surface area contributed by atoms with Crippen molar-refractivity contribution < 1.29 is 21.6 Å². The maximum absolute atomic E-state index is 13.8. The summed E-state index contributed by atoms with van der Waals surface area (Å²) in [5.74, 6) is -3.93. The molecule has 1 fully saturated rings. The van der Waals surface area contributed by atoms with Gasteiger partial charge in [-0.05, 0) is 25.5 Å². The van der Waals surface area contributed by atoms with Crippen molar-refractivity contribution in [1.82, 2.24) is 15.2 Å². The van der Waals surface area contributed by atoms with Gasteiger partial charge in [-0.2, -0.15) is 10.1 Å². The SMILES string of the molecule is CCN(c1nncc(Nc2ccc(F)c(F)c2F)n1)C1CCS(=O)(=O)C1. The number of halogens is 3. The number of hydrogen-bond donors (Lipinski definition) is 1. The molecule has 0 aliphatic carbocycles. The molecule has 1 N–H and O–H groups in total. The van der Waals surface area contributed by atoms with Gasteiger partial charge in [0.25, 0.3) is 0 Å². The Morgan fingerprint density at radius 3 is 2.69 bits per heavy atom. The Hall–Kier alpha value is -2.43. The van der Waals surface area contributed by atoms with Crippen LogP contribution in [0.2, 0.25) is 0 Å². The fraction of sp³-hybridized carbons (Fsp3) is 0.400. The molecule has 0 radical (unpaired) electrons. The predicted octanol–water partition coefficient (Wildman–Crippen LogP) is 2.05. The van der Waals surface area contributed by atoms with Crippen LogP contribution in [0.1, 0.15) is 13.3 Å². The lowest BCUT2D eigenvalue weighted by atomic mass is 10.2. The van der Waals surface area contributed by atoms with Crippen molar-refractivity contribution in [1.29, 1.82) is 0 Å². The fourth-order valence-electron chi connectivity index (χ4n) is 2.82. The van der Waals surface area contributed by atoms with E-state index in [0.717, 1.165) is 12.1 Å². The molecule has 140 valence electrons. The van der Waals surface area contributed by atoms with E-state index in [9.17, 15) is 21.6 Å². The molecule has 1 saturated heterocycles. The van der Waals surface area contributed by atoms with Crippen LogP contribution in [0.25, 0.3) is 0 Å². The second kappa shape index (κ2) is 7.06. The average molecular weight is 387 g/mol. The van der Waals surface area contributed by atoms with Crippen molar-refractivity contribution in [2.45, 2.75) is 19.4 Å². The summed E-state index contributed by atoms with van der Waals surface area (Å²) in [6.07, 6.45) is 1.65. The smallest absolute Gasteiger partial charge is 0.247 e. The number of hydrogen-bond acceptors (Lipinski definition) is 7. The van der Waals surface area contributed by atoms with Gasteiger partial charge in [0.2, 0.25) is 5.95 Å². The van der Waals surface area contributed by atoms with E-state index < -0.39 is 27.3 Å². The minimum absolute atomic E-state index is 0.000340. The van der Waals surface area contributed by atoms with Crippen LogP contribution in [0.15, 0.2) is 18.3 Å². The van der Waals surface area contributed by atoms with Crippen molar-refractivity contribution in [2.75, 3.05) is 28.3 Å². The first kappa shape index (κ1) is 18.4. The molecule has 0 amide bonds. The molecule has 0 spiro atoms. The lowest BCUT2D eigenvalue weighted by molar-refractivity contribution is 0.449. The maximum atomic E-state index is 13.8. The molecule has 1 aliphatic heterocycles. The maximum Gasteiger partial charge on any atom is 0.247 e. The zero-order chi connectivity index (χ0) is 18.9. The average Bonchev–Trinajstić information content (AvgIpc) is 2.96. The number of rotatable bonds is 5. The predicted molar refractivity (Wildman–Crippen MR) is 89.5 cm³/mol. The molecular formula is C15H16F3N5O2S. The summed E-state index contributed by atoms with van der Waals surface area (Å²) in [6.45, 7) is 2.27. The summed E-state index contributed by atoms with van der Waals surface area (Å²) in [4.78, 5) is 5.89. The van der Waals surface area contributed by atoms with Crippen molar-refractivity contribution in [3.8, 4) is 0 Å². The number of sulfone groups is 1. The minimum atomic E-state index is -3.09. The molecule has 2 heterocycles. The zero-order valence-corrected chi connectivity index (χ0v) is 14.6. The number of benzene rings is 1. The molecule has 0 saturated carbocycles. The van der Waals surface area contributed by atoms with Crippen LogP contribution in [0.4, 0.5) is 30.6 Å². The topological polar surface area (TPSA) is 88.1 Å². The van der Waals surface area contributed by atoms with Crippen LogP contribution in [0, 0.1) is 17.5 Å². The fourth-order valence-corrected chi connectivity index (χ4v) is 4.55. The van der Waals surface area contributed by atoms with E-state index in [1.807, 2.05) is 6.92 Å². The largest absolute Gasteiger partial charge is 0.336 e. The van der Waals surface area contributed by atoms with E-state index in [0.29, 0.717) is 13.0 Å². The third-order valence-electron chi connectivity index (χ3n) is 4.09. The van der Waals surface area contributed by atoms with E-state index in [-0.39, 0.29) is 35.0 Å². The van der Waals surface area contributed by atoms with Gasteiger partial charge in [-0.25, -0.2) is 21.6 Å². The van der Waals surface area contributed by atoms with Gasteiger partial charge < -0.3 is 10.2 Å². The van der Waals surface area contributed by atoms with E-state index in [1.54, 1.807) is 4.90 Å².